The van der Waals surface area contributed by atoms with E-state index in [-0.39, 0.29) is 12.3 Å². The Morgan fingerprint density at radius 2 is 1.62 bits per heavy atom. The summed E-state index contributed by atoms with van der Waals surface area (Å²) >= 11 is 0. The van der Waals surface area contributed by atoms with E-state index < -0.39 is 0 Å². The highest BCUT2D eigenvalue weighted by molar-refractivity contribution is 5.91. The average molecular weight is 320 g/mol. The van der Waals surface area contributed by atoms with Gasteiger partial charge in [0.1, 0.15) is 5.82 Å². The quantitative estimate of drug-likeness (QED) is 0.758. The second-order valence-corrected chi connectivity index (χ2v) is 5.95. The number of hydrogen-bond acceptors (Lipinski definition) is 3. The molecular weight excluding hydrogens is 300 g/mol. The third-order valence-electron chi connectivity index (χ3n) is 3.72. The van der Waals surface area contributed by atoms with Crippen LogP contribution >= 0.6 is 0 Å². The van der Waals surface area contributed by atoms with Gasteiger partial charge < -0.3 is 5.32 Å². The molecule has 1 aromatic heterocycles. The van der Waals surface area contributed by atoms with Crippen molar-refractivity contribution in [2.45, 2.75) is 26.7 Å². The number of aromatic amines is 1. The zero-order chi connectivity index (χ0) is 16.9. The molecule has 0 radical (unpaired) electrons. The number of amides is 1. The number of nitrogens with zero attached hydrogens (tertiary/aromatic N) is 2. The summed E-state index contributed by atoms with van der Waals surface area (Å²) in [5, 5.41) is 9.88. The second-order valence-electron chi connectivity index (χ2n) is 5.95. The molecule has 0 saturated heterocycles. The average Bonchev–Trinajstić information content (AvgIpc) is 2.99. The lowest BCUT2D eigenvalue weighted by Gasteiger charge is -2.03. The number of nitrogens with one attached hydrogen (secondary N) is 2. The van der Waals surface area contributed by atoms with Crippen molar-refractivity contribution in [3.63, 3.8) is 0 Å². The van der Waals surface area contributed by atoms with Crippen LogP contribution in [-0.2, 0) is 17.6 Å². The molecule has 24 heavy (non-hydrogen) atoms. The van der Waals surface area contributed by atoms with E-state index in [9.17, 15) is 4.79 Å². The number of carbonyl (C=O) groups excluding carboxylic acids is 1. The molecule has 0 bridgehead atoms. The molecule has 1 heterocycles. The van der Waals surface area contributed by atoms with Gasteiger partial charge in [-0.1, -0.05) is 47.5 Å². The Balaban J connectivity index is 1.58. The lowest BCUT2D eigenvalue weighted by molar-refractivity contribution is -0.115. The predicted molar refractivity (Wildman–Crippen MR) is 93.9 cm³/mol. The maximum atomic E-state index is 12.1. The molecule has 3 rings (SSSR count). The minimum absolute atomic E-state index is 0.125. The van der Waals surface area contributed by atoms with Crippen LogP contribution in [0.2, 0.25) is 0 Å². The molecule has 0 aliphatic carbocycles. The van der Waals surface area contributed by atoms with Gasteiger partial charge in [-0.15, -0.1) is 0 Å². The van der Waals surface area contributed by atoms with Crippen LogP contribution in [0.15, 0.2) is 48.5 Å². The first-order valence-electron chi connectivity index (χ1n) is 7.91. The molecule has 0 unspecified atom stereocenters. The Morgan fingerprint density at radius 3 is 2.29 bits per heavy atom. The summed E-state index contributed by atoms with van der Waals surface area (Å²) in [6.07, 6.45) is 0.825. The first-order valence-corrected chi connectivity index (χ1v) is 7.91. The zero-order valence-corrected chi connectivity index (χ0v) is 13.8. The number of aromatic nitrogens is 3. The third-order valence-corrected chi connectivity index (χ3v) is 3.72. The Labute approximate surface area is 141 Å². The fraction of sp³-hybridized carbons (Fsp3) is 0.211. The predicted octanol–water partition coefficient (Wildman–Crippen LogP) is 3.19. The third kappa shape index (κ3) is 4.29. The lowest BCUT2D eigenvalue weighted by atomic mass is 10.1. The Hall–Kier alpha value is -2.95. The summed E-state index contributed by atoms with van der Waals surface area (Å²) in [7, 11) is 0. The van der Waals surface area contributed by atoms with Crippen LogP contribution in [0.3, 0.4) is 0 Å². The van der Waals surface area contributed by atoms with Crippen LogP contribution in [-0.4, -0.2) is 21.1 Å². The van der Waals surface area contributed by atoms with Crippen LogP contribution in [0.5, 0.6) is 0 Å². The van der Waals surface area contributed by atoms with Gasteiger partial charge in [-0.2, -0.15) is 5.10 Å². The summed E-state index contributed by atoms with van der Waals surface area (Å²) in [6.45, 7) is 4.07. The van der Waals surface area contributed by atoms with Gasteiger partial charge in [-0.05, 0) is 31.5 Å². The monoisotopic (exact) mass is 320 g/mol. The van der Waals surface area contributed by atoms with Crippen molar-refractivity contribution in [2.24, 2.45) is 0 Å². The number of aryl methyl sites for hydroxylation is 2. The van der Waals surface area contributed by atoms with Crippen molar-refractivity contribution >= 4 is 11.6 Å². The van der Waals surface area contributed by atoms with Crippen LogP contribution in [0.1, 0.15) is 28.3 Å². The van der Waals surface area contributed by atoms with Gasteiger partial charge in [0.25, 0.3) is 0 Å². The Kier molecular flexibility index (Phi) is 4.70. The summed E-state index contributed by atoms with van der Waals surface area (Å²) in [6, 6.07) is 16.0. The van der Waals surface area contributed by atoms with Gasteiger partial charge in [-0.25, -0.2) is 4.98 Å². The van der Waals surface area contributed by atoms with Crippen molar-refractivity contribution in [3.05, 3.63) is 76.9 Å². The first-order chi connectivity index (χ1) is 11.6. The largest absolute Gasteiger partial charge is 0.326 e. The zero-order valence-electron chi connectivity index (χ0n) is 13.8. The molecule has 3 aromatic rings. The molecule has 1 amide bonds. The normalized spacial score (nSPS) is 10.6. The minimum atomic E-state index is -0.125. The molecule has 0 aliphatic heterocycles. The van der Waals surface area contributed by atoms with E-state index in [0.29, 0.717) is 12.2 Å². The van der Waals surface area contributed by atoms with Gasteiger partial charge in [0.15, 0.2) is 5.82 Å². The van der Waals surface area contributed by atoms with Crippen molar-refractivity contribution in [1.29, 1.82) is 0 Å². The maximum Gasteiger partial charge on any atom is 0.232 e. The van der Waals surface area contributed by atoms with E-state index in [1.807, 2.05) is 31.2 Å². The number of H-pyrrole nitrogens is 1. The van der Waals surface area contributed by atoms with Crippen LogP contribution in [0.4, 0.5) is 5.69 Å². The molecule has 2 N–H and O–H groups in total. The van der Waals surface area contributed by atoms with Crippen molar-refractivity contribution in [1.82, 2.24) is 15.2 Å². The summed E-state index contributed by atoms with van der Waals surface area (Å²) in [5.41, 5.74) is 4.32. The van der Waals surface area contributed by atoms with E-state index in [0.717, 1.165) is 22.6 Å². The number of carbonyl (C=O) groups is 1. The van der Waals surface area contributed by atoms with Crippen LogP contribution in [0, 0.1) is 13.8 Å². The van der Waals surface area contributed by atoms with Crippen molar-refractivity contribution in [2.75, 3.05) is 5.32 Å². The fourth-order valence-electron chi connectivity index (χ4n) is 2.38. The highest BCUT2D eigenvalue weighted by Gasteiger charge is 2.10. The molecule has 2 aromatic carbocycles. The van der Waals surface area contributed by atoms with Gasteiger partial charge >= 0.3 is 0 Å². The number of hydrogen-bond donors (Lipinski definition) is 2. The molecule has 5 heteroatoms. The van der Waals surface area contributed by atoms with E-state index in [4.69, 9.17) is 0 Å². The highest BCUT2D eigenvalue weighted by Crippen LogP contribution is 2.10. The Bertz CT molecular complexity index is 819. The van der Waals surface area contributed by atoms with E-state index >= 15 is 0 Å². The summed E-state index contributed by atoms with van der Waals surface area (Å²) in [5.74, 6) is 1.14. The lowest BCUT2D eigenvalue weighted by Crippen LogP contribution is -2.15. The van der Waals surface area contributed by atoms with Gasteiger partial charge in [0.2, 0.25) is 5.91 Å². The molecule has 5 nitrogen and oxygen atoms in total. The van der Waals surface area contributed by atoms with Gasteiger partial charge in [0, 0.05) is 12.1 Å². The van der Waals surface area contributed by atoms with Crippen LogP contribution < -0.4 is 5.32 Å². The summed E-state index contributed by atoms with van der Waals surface area (Å²) < 4.78 is 0. The number of rotatable bonds is 5. The molecule has 0 spiro atoms. The smallest absolute Gasteiger partial charge is 0.232 e. The highest BCUT2D eigenvalue weighted by atomic mass is 16.1. The molecule has 122 valence electrons. The van der Waals surface area contributed by atoms with Gasteiger partial charge in [-0.3, -0.25) is 9.89 Å². The van der Waals surface area contributed by atoms with E-state index in [2.05, 4.69) is 51.7 Å². The minimum Gasteiger partial charge on any atom is -0.326 e. The fourth-order valence-corrected chi connectivity index (χ4v) is 2.38. The Morgan fingerprint density at radius 1 is 1.00 bits per heavy atom. The molecule has 0 aliphatic rings. The summed E-state index contributed by atoms with van der Waals surface area (Å²) in [4.78, 5) is 16.5. The number of benzene rings is 2. The first kappa shape index (κ1) is 15.9. The van der Waals surface area contributed by atoms with E-state index in [1.165, 1.54) is 5.56 Å². The standard InChI is InChI=1S/C19H20N4O/c1-13-3-7-15(8-4-13)11-17-21-18(23-22-17)12-19(24)20-16-9-5-14(2)6-10-16/h3-10H,11-12H2,1-2H3,(H,20,24)(H,21,22,23). The van der Waals surface area contributed by atoms with E-state index in [1.54, 1.807) is 0 Å². The topological polar surface area (TPSA) is 70.7 Å². The van der Waals surface area contributed by atoms with Crippen LogP contribution in [0.25, 0.3) is 0 Å². The SMILES string of the molecule is Cc1ccc(Cc2nc(CC(=O)Nc3ccc(C)cc3)n[nH]2)cc1. The maximum absolute atomic E-state index is 12.1. The molecule has 0 fully saturated rings. The second kappa shape index (κ2) is 7.08. The molecule has 0 saturated carbocycles. The van der Waals surface area contributed by atoms with Gasteiger partial charge in [0.05, 0.1) is 6.42 Å². The molecule has 0 atom stereocenters. The molecular formula is C19H20N4O. The van der Waals surface area contributed by atoms with Crippen molar-refractivity contribution in [3.8, 4) is 0 Å². The van der Waals surface area contributed by atoms with Crippen molar-refractivity contribution < 1.29 is 4.79 Å². The number of anilines is 1.